The zero-order valence-electron chi connectivity index (χ0n) is 16.3. The van der Waals surface area contributed by atoms with Crippen molar-refractivity contribution in [3.8, 4) is 11.3 Å². The summed E-state index contributed by atoms with van der Waals surface area (Å²) < 4.78 is 1.82. The van der Waals surface area contributed by atoms with E-state index in [-0.39, 0.29) is 12.5 Å². The maximum atomic E-state index is 10.9. The van der Waals surface area contributed by atoms with Crippen LogP contribution in [0.3, 0.4) is 0 Å². The number of thiazole rings is 1. The van der Waals surface area contributed by atoms with E-state index in [1.54, 1.807) is 17.7 Å². The minimum Gasteiger partial charge on any atom is -0.369 e. The van der Waals surface area contributed by atoms with E-state index in [2.05, 4.69) is 48.1 Å². The largest absolute Gasteiger partial charge is 0.369 e. The number of amides is 1. The summed E-state index contributed by atoms with van der Waals surface area (Å²) in [5.41, 5.74) is 12.7. The number of hydrogen-bond donors (Lipinski definition) is 3. The Balaban J connectivity index is 1.81. The van der Waals surface area contributed by atoms with Crippen molar-refractivity contribution in [3.63, 3.8) is 0 Å². The second kappa shape index (κ2) is 6.99. The van der Waals surface area contributed by atoms with Gasteiger partial charge in [0.25, 0.3) is 0 Å². The normalized spacial score (nSPS) is 11.9. The van der Waals surface area contributed by atoms with Crippen molar-refractivity contribution >= 4 is 33.2 Å². The Morgan fingerprint density at radius 2 is 2.14 bits per heavy atom. The molecule has 0 unspecified atom stereocenters. The molecule has 4 aromatic heterocycles. The van der Waals surface area contributed by atoms with Crippen LogP contribution in [-0.4, -0.2) is 37.0 Å². The van der Waals surface area contributed by atoms with Crippen molar-refractivity contribution in [1.82, 2.24) is 29.9 Å². The number of nitrogens with one attached hydrogen (secondary N) is 2. The summed E-state index contributed by atoms with van der Waals surface area (Å²) in [5.74, 6) is -0.0787. The smallest absolute Gasteiger partial charge is 0.231 e. The molecule has 0 bridgehead atoms. The molecule has 9 heteroatoms. The fourth-order valence-corrected chi connectivity index (χ4v) is 4.48. The number of aromatic nitrogens is 5. The SMILES string of the molecule is Cc1c(-c2[nH]c3sc(CNCC(N)=O)nc3c2C(C)C)cn2ncnc2c1C. The predicted octanol–water partition coefficient (Wildman–Crippen LogP) is 2.65. The molecule has 8 nitrogen and oxygen atoms in total. The third-order valence-corrected chi connectivity index (χ3v) is 5.95. The summed E-state index contributed by atoms with van der Waals surface area (Å²) in [6, 6.07) is 0. The number of aryl methyl sites for hydroxylation is 1. The number of pyridine rings is 1. The van der Waals surface area contributed by atoms with Gasteiger partial charge < -0.3 is 16.0 Å². The standard InChI is InChI=1S/C19H23N7OS/c1-9(2)15-16(12-7-26-18(22-8-23-26)11(4)10(12)3)25-19-17(15)24-14(28-19)6-21-5-13(20)27/h7-9,21,25H,5-6H2,1-4H3,(H2,20,27). The Bertz CT molecular complexity index is 1180. The Labute approximate surface area is 166 Å². The van der Waals surface area contributed by atoms with E-state index in [0.717, 1.165) is 37.8 Å². The molecule has 1 amide bonds. The van der Waals surface area contributed by atoms with Crippen molar-refractivity contribution in [2.45, 2.75) is 40.2 Å². The van der Waals surface area contributed by atoms with Crippen LogP contribution in [0.25, 0.3) is 27.3 Å². The van der Waals surface area contributed by atoms with Gasteiger partial charge in [-0.2, -0.15) is 5.10 Å². The van der Waals surface area contributed by atoms with Gasteiger partial charge in [-0.3, -0.25) is 4.79 Å². The number of rotatable bonds is 6. The number of nitrogens with two attached hydrogens (primary N) is 1. The number of primary amides is 1. The molecular weight excluding hydrogens is 374 g/mol. The molecule has 0 aromatic carbocycles. The van der Waals surface area contributed by atoms with Gasteiger partial charge in [0.15, 0.2) is 5.65 Å². The molecular formula is C19H23N7OS. The van der Waals surface area contributed by atoms with E-state index in [0.29, 0.717) is 12.5 Å². The second-order valence-corrected chi connectivity index (χ2v) is 8.33. The van der Waals surface area contributed by atoms with Crippen LogP contribution in [0.2, 0.25) is 0 Å². The molecule has 0 atom stereocenters. The summed E-state index contributed by atoms with van der Waals surface area (Å²) in [4.78, 5) is 24.7. The maximum Gasteiger partial charge on any atom is 0.231 e. The predicted molar refractivity (Wildman–Crippen MR) is 110 cm³/mol. The van der Waals surface area contributed by atoms with Gasteiger partial charge in [0.1, 0.15) is 21.7 Å². The van der Waals surface area contributed by atoms with E-state index in [4.69, 9.17) is 10.7 Å². The molecule has 4 aromatic rings. The van der Waals surface area contributed by atoms with Crippen molar-refractivity contribution in [2.75, 3.05) is 6.54 Å². The number of aromatic amines is 1. The molecule has 4 N–H and O–H groups in total. The highest BCUT2D eigenvalue weighted by molar-refractivity contribution is 7.18. The minimum absolute atomic E-state index is 0.145. The molecule has 0 aliphatic rings. The third-order valence-electron chi connectivity index (χ3n) is 4.98. The number of H-pyrrole nitrogens is 1. The zero-order chi connectivity index (χ0) is 20.0. The van der Waals surface area contributed by atoms with Gasteiger partial charge in [-0.05, 0) is 30.9 Å². The fraction of sp³-hybridized carbons (Fsp3) is 0.368. The molecule has 4 rings (SSSR count). The topological polar surface area (TPSA) is 114 Å². The molecule has 4 heterocycles. The van der Waals surface area contributed by atoms with Crippen LogP contribution in [-0.2, 0) is 11.3 Å². The summed E-state index contributed by atoms with van der Waals surface area (Å²) in [7, 11) is 0. The molecule has 0 aliphatic carbocycles. The lowest BCUT2D eigenvalue weighted by Crippen LogP contribution is -2.27. The van der Waals surface area contributed by atoms with Crippen LogP contribution < -0.4 is 11.1 Å². The molecule has 28 heavy (non-hydrogen) atoms. The van der Waals surface area contributed by atoms with Gasteiger partial charge in [0, 0.05) is 23.9 Å². The molecule has 0 saturated heterocycles. The molecule has 0 radical (unpaired) electrons. The van der Waals surface area contributed by atoms with Crippen LogP contribution in [0.5, 0.6) is 0 Å². The van der Waals surface area contributed by atoms with E-state index in [9.17, 15) is 4.79 Å². The van der Waals surface area contributed by atoms with Gasteiger partial charge in [0.05, 0.1) is 12.2 Å². The van der Waals surface area contributed by atoms with E-state index >= 15 is 0 Å². The first-order valence-electron chi connectivity index (χ1n) is 9.17. The fourth-order valence-electron chi connectivity index (χ4n) is 3.53. The van der Waals surface area contributed by atoms with Crippen LogP contribution in [0.15, 0.2) is 12.5 Å². The molecule has 0 aliphatic heterocycles. The molecule has 0 fully saturated rings. The molecule has 0 saturated carbocycles. The summed E-state index contributed by atoms with van der Waals surface area (Å²) >= 11 is 1.60. The average Bonchev–Trinajstić information content (AvgIpc) is 3.30. The van der Waals surface area contributed by atoms with Crippen LogP contribution in [0, 0.1) is 13.8 Å². The first kappa shape index (κ1) is 18.6. The van der Waals surface area contributed by atoms with E-state index in [1.165, 1.54) is 11.1 Å². The highest BCUT2D eigenvalue weighted by Crippen LogP contribution is 2.39. The number of fused-ring (bicyclic) bond motifs is 2. The third kappa shape index (κ3) is 3.06. The summed E-state index contributed by atoms with van der Waals surface area (Å²) in [6.07, 6.45) is 3.61. The minimum atomic E-state index is -0.373. The van der Waals surface area contributed by atoms with Crippen molar-refractivity contribution in [3.05, 3.63) is 34.2 Å². The highest BCUT2D eigenvalue weighted by Gasteiger charge is 2.22. The van der Waals surface area contributed by atoms with Crippen molar-refractivity contribution in [2.24, 2.45) is 5.73 Å². The Morgan fingerprint density at radius 3 is 2.86 bits per heavy atom. The van der Waals surface area contributed by atoms with Crippen LogP contribution in [0.1, 0.15) is 41.5 Å². The number of carbonyl (C=O) groups excluding carboxylic acids is 1. The van der Waals surface area contributed by atoms with Gasteiger partial charge >= 0.3 is 0 Å². The van der Waals surface area contributed by atoms with Gasteiger partial charge in [-0.1, -0.05) is 25.2 Å². The van der Waals surface area contributed by atoms with Crippen molar-refractivity contribution < 1.29 is 4.79 Å². The highest BCUT2D eigenvalue weighted by atomic mass is 32.1. The number of carbonyl (C=O) groups is 1. The first-order chi connectivity index (χ1) is 13.4. The van der Waals surface area contributed by atoms with E-state index < -0.39 is 0 Å². The van der Waals surface area contributed by atoms with Gasteiger partial charge in [-0.25, -0.2) is 14.5 Å². The Kier molecular flexibility index (Phi) is 4.64. The zero-order valence-corrected chi connectivity index (χ0v) is 17.1. The van der Waals surface area contributed by atoms with Crippen molar-refractivity contribution in [1.29, 1.82) is 0 Å². The van der Waals surface area contributed by atoms with Crippen LogP contribution >= 0.6 is 11.3 Å². The second-order valence-electron chi connectivity index (χ2n) is 7.24. The first-order valence-corrected chi connectivity index (χ1v) is 9.98. The summed E-state index contributed by atoms with van der Waals surface area (Å²) in [5, 5.41) is 8.27. The maximum absolute atomic E-state index is 10.9. The molecule has 146 valence electrons. The average molecular weight is 398 g/mol. The monoisotopic (exact) mass is 397 g/mol. The van der Waals surface area contributed by atoms with Crippen LogP contribution in [0.4, 0.5) is 0 Å². The van der Waals surface area contributed by atoms with Gasteiger partial charge in [0.2, 0.25) is 5.91 Å². The number of hydrogen-bond acceptors (Lipinski definition) is 6. The van der Waals surface area contributed by atoms with E-state index in [1.807, 2.05) is 10.7 Å². The Morgan fingerprint density at radius 1 is 1.36 bits per heavy atom. The Hall–Kier alpha value is -2.78. The summed E-state index contributed by atoms with van der Waals surface area (Å²) in [6.45, 7) is 9.20. The lowest BCUT2D eigenvalue weighted by atomic mass is 9.96. The quantitative estimate of drug-likeness (QED) is 0.463. The van der Waals surface area contributed by atoms with Gasteiger partial charge in [-0.15, -0.1) is 0 Å². The molecule has 0 spiro atoms. The number of nitrogens with zero attached hydrogens (tertiary/aromatic N) is 4. The lowest BCUT2D eigenvalue weighted by molar-refractivity contribution is -0.117. The lowest BCUT2D eigenvalue weighted by Gasteiger charge is -2.13.